The summed E-state index contributed by atoms with van der Waals surface area (Å²) in [6.45, 7) is 0.236. The maximum atomic E-state index is 12.7. The van der Waals surface area contributed by atoms with Crippen LogP contribution >= 0.6 is 45.1 Å². The van der Waals surface area contributed by atoms with Crippen molar-refractivity contribution in [3.05, 3.63) is 140 Å². The fourth-order valence-corrected chi connectivity index (χ4v) is 6.71. The highest BCUT2D eigenvalue weighted by molar-refractivity contribution is 8.29. The van der Waals surface area contributed by atoms with Crippen molar-refractivity contribution in [2.75, 3.05) is 24.9 Å². The van der Waals surface area contributed by atoms with Gasteiger partial charge in [-0.2, -0.15) is 0 Å². The highest BCUT2D eigenvalue weighted by Gasteiger charge is 2.36. The number of rotatable bonds is 13. The molecule has 0 aliphatic carbocycles. The van der Waals surface area contributed by atoms with Crippen LogP contribution in [0.15, 0.2) is 103 Å². The van der Waals surface area contributed by atoms with Gasteiger partial charge in [-0.05, 0) is 78.4 Å². The number of halogens is 3. The Morgan fingerprint density at radius 2 is 1.20 bits per heavy atom. The van der Waals surface area contributed by atoms with Gasteiger partial charge in [0.1, 0.15) is 0 Å². The standard InChI is InChI=1S/C32H32BCl3O4S/c1-41(2,23-31(37)24-7-4-3-5-8-24)40-33(38)39-22-6-21-32(25-9-15-28(34)16-10-25,26-11-17-29(35)18-12-26)27-13-19-30(36)20-14-27/h3-5,7-20,38H,6,21-23H2,1-2H3. The summed E-state index contributed by atoms with van der Waals surface area (Å²) in [4.78, 5) is 12.7. The van der Waals surface area contributed by atoms with Gasteiger partial charge in [0.2, 0.25) is 0 Å². The van der Waals surface area contributed by atoms with Crippen molar-refractivity contribution in [2.45, 2.75) is 18.3 Å². The first kappa shape index (κ1) is 31.6. The molecule has 9 heteroatoms. The van der Waals surface area contributed by atoms with Crippen molar-refractivity contribution in [3.8, 4) is 0 Å². The molecule has 214 valence electrons. The lowest BCUT2D eigenvalue weighted by molar-refractivity contribution is 0.102. The third-order valence-electron chi connectivity index (χ3n) is 6.88. The van der Waals surface area contributed by atoms with Gasteiger partial charge in [-0.25, -0.2) is 0 Å². The van der Waals surface area contributed by atoms with E-state index in [1.54, 1.807) is 12.1 Å². The Labute approximate surface area is 259 Å². The Kier molecular flexibility index (Phi) is 11.0. The van der Waals surface area contributed by atoms with Crippen LogP contribution in [0.2, 0.25) is 15.1 Å². The zero-order valence-corrected chi connectivity index (χ0v) is 26.0. The molecular formula is C32H32BCl3O4S. The molecule has 0 saturated carbocycles. The molecule has 41 heavy (non-hydrogen) atoms. The van der Waals surface area contributed by atoms with Gasteiger partial charge in [-0.1, -0.05) is 102 Å². The minimum atomic E-state index is -1.90. The maximum absolute atomic E-state index is 12.7. The zero-order chi connectivity index (χ0) is 29.5. The first-order valence-corrected chi connectivity index (χ1v) is 16.8. The van der Waals surface area contributed by atoms with Gasteiger partial charge in [0.05, 0.1) is 5.75 Å². The minimum absolute atomic E-state index is 0.0310. The van der Waals surface area contributed by atoms with Crippen LogP contribution in [0.25, 0.3) is 0 Å². The summed E-state index contributed by atoms with van der Waals surface area (Å²) < 4.78 is 11.5. The summed E-state index contributed by atoms with van der Waals surface area (Å²) in [6.07, 6.45) is 4.92. The molecule has 0 fully saturated rings. The second kappa shape index (κ2) is 14.3. The lowest BCUT2D eigenvalue weighted by Gasteiger charge is -2.36. The van der Waals surface area contributed by atoms with Crippen molar-refractivity contribution in [2.24, 2.45) is 0 Å². The van der Waals surface area contributed by atoms with Gasteiger partial charge in [0, 0.05) is 32.7 Å². The monoisotopic (exact) mass is 628 g/mol. The summed E-state index contributed by atoms with van der Waals surface area (Å²) in [5, 5.41) is 12.5. The lowest BCUT2D eigenvalue weighted by Crippen LogP contribution is -2.31. The lowest BCUT2D eigenvalue weighted by atomic mass is 9.67. The van der Waals surface area contributed by atoms with E-state index in [1.165, 1.54) is 0 Å². The van der Waals surface area contributed by atoms with Gasteiger partial charge in [0.15, 0.2) is 5.78 Å². The molecule has 0 bridgehead atoms. The molecule has 0 aromatic heterocycles. The summed E-state index contributed by atoms with van der Waals surface area (Å²) in [5.41, 5.74) is 3.20. The second-order valence-corrected chi connectivity index (χ2v) is 14.8. The fraction of sp³-hybridized carbons (Fsp3) is 0.219. The molecule has 0 heterocycles. The molecule has 0 aliphatic heterocycles. The molecule has 0 unspecified atom stereocenters. The molecule has 0 radical (unpaired) electrons. The van der Waals surface area contributed by atoms with Gasteiger partial charge < -0.3 is 13.8 Å². The van der Waals surface area contributed by atoms with E-state index in [-0.39, 0.29) is 18.1 Å². The predicted octanol–water partition coefficient (Wildman–Crippen LogP) is 8.63. The van der Waals surface area contributed by atoms with Crippen LogP contribution in [0, 0.1) is 0 Å². The Morgan fingerprint density at radius 3 is 1.63 bits per heavy atom. The SMILES string of the molecule is CS(C)(CC(=O)c1ccccc1)OB(O)OCCCC(c1ccc(Cl)cc1)(c1ccc(Cl)cc1)c1ccc(Cl)cc1. The van der Waals surface area contributed by atoms with E-state index in [4.69, 9.17) is 43.6 Å². The number of hydrogen-bond donors (Lipinski definition) is 1. The largest absolute Gasteiger partial charge is 0.647 e. The van der Waals surface area contributed by atoms with Crippen molar-refractivity contribution in [1.82, 2.24) is 0 Å². The van der Waals surface area contributed by atoms with Gasteiger partial charge in [0.25, 0.3) is 0 Å². The van der Waals surface area contributed by atoms with E-state index in [1.807, 2.05) is 104 Å². The third kappa shape index (κ3) is 8.39. The van der Waals surface area contributed by atoms with E-state index in [9.17, 15) is 9.82 Å². The van der Waals surface area contributed by atoms with Crippen LogP contribution in [0.1, 0.15) is 39.9 Å². The topological polar surface area (TPSA) is 55.8 Å². The Bertz CT molecular complexity index is 1310. The number of hydrogen-bond acceptors (Lipinski definition) is 4. The summed E-state index contributed by atoms with van der Waals surface area (Å²) in [7, 11) is -3.34. The molecule has 4 aromatic carbocycles. The molecular weight excluding hydrogens is 598 g/mol. The van der Waals surface area contributed by atoms with E-state index < -0.39 is 23.0 Å². The van der Waals surface area contributed by atoms with Crippen LogP contribution in [0.4, 0.5) is 0 Å². The number of Topliss-reactive ketones (excluding diaryl/α,β-unsaturated/α-hetero) is 1. The Balaban J connectivity index is 1.50. The molecule has 0 atom stereocenters. The van der Waals surface area contributed by atoms with Crippen LogP contribution < -0.4 is 0 Å². The Hall–Kier alpha value is -2.29. The molecule has 4 nitrogen and oxygen atoms in total. The van der Waals surface area contributed by atoms with Crippen molar-refractivity contribution in [3.63, 3.8) is 0 Å². The Morgan fingerprint density at radius 1 is 0.756 bits per heavy atom. The first-order chi connectivity index (χ1) is 19.6. The molecule has 0 amide bonds. The number of ketones is 1. The summed E-state index contributed by atoms with van der Waals surface area (Å²) >= 11 is 18.8. The van der Waals surface area contributed by atoms with Crippen LogP contribution in [-0.4, -0.2) is 43.0 Å². The van der Waals surface area contributed by atoms with E-state index in [2.05, 4.69) is 0 Å². The maximum Gasteiger partial charge on any atom is 0.647 e. The van der Waals surface area contributed by atoms with Crippen molar-refractivity contribution >= 4 is 58.2 Å². The van der Waals surface area contributed by atoms with E-state index in [0.717, 1.165) is 16.7 Å². The van der Waals surface area contributed by atoms with Gasteiger partial charge in [-0.15, -0.1) is 10.3 Å². The van der Waals surface area contributed by atoms with E-state index in [0.29, 0.717) is 33.5 Å². The highest BCUT2D eigenvalue weighted by Crippen LogP contribution is 2.45. The van der Waals surface area contributed by atoms with Crippen molar-refractivity contribution in [1.29, 1.82) is 0 Å². The van der Waals surface area contributed by atoms with Crippen molar-refractivity contribution < 1.29 is 18.6 Å². The van der Waals surface area contributed by atoms with Crippen LogP contribution in [0.5, 0.6) is 0 Å². The number of carbonyl (C=O) groups is 1. The number of carbonyl (C=O) groups excluding carboxylic acids is 1. The smallest absolute Gasteiger partial charge is 0.401 e. The molecule has 0 saturated heterocycles. The third-order valence-corrected chi connectivity index (χ3v) is 9.28. The molecule has 1 N–H and O–H groups in total. The second-order valence-electron chi connectivity index (χ2n) is 10.2. The molecule has 4 rings (SSSR count). The number of benzene rings is 4. The zero-order valence-electron chi connectivity index (χ0n) is 22.9. The summed E-state index contributed by atoms with van der Waals surface area (Å²) in [6, 6.07) is 32.5. The molecule has 0 aliphatic rings. The normalized spacial score (nSPS) is 12.2. The van der Waals surface area contributed by atoms with E-state index >= 15 is 0 Å². The summed E-state index contributed by atoms with van der Waals surface area (Å²) in [5.74, 6) is 0.154. The quantitative estimate of drug-likeness (QED) is 0.0696. The molecule has 0 spiro atoms. The molecule has 4 aromatic rings. The average Bonchev–Trinajstić information content (AvgIpc) is 2.95. The fourth-order valence-electron chi connectivity index (χ4n) is 4.97. The minimum Gasteiger partial charge on any atom is -0.401 e. The van der Waals surface area contributed by atoms with Gasteiger partial charge >= 0.3 is 7.32 Å². The van der Waals surface area contributed by atoms with Gasteiger partial charge in [-0.3, -0.25) is 4.79 Å². The predicted molar refractivity (Wildman–Crippen MR) is 174 cm³/mol. The van der Waals surface area contributed by atoms with Crippen LogP contribution in [0.3, 0.4) is 0 Å². The van der Waals surface area contributed by atoms with Crippen LogP contribution in [-0.2, 0) is 14.2 Å². The average molecular weight is 630 g/mol. The highest BCUT2D eigenvalue weighted by atomic mass is 35.5. The first-order valence-electron chi connectivity index (χ1n) is 13.1.